The van der Waals surface area contributed by atoms with Crippen LogP contribution in [0.2, 0.25) is 0 Å². The molecular formula is C15H11NO5S2. The Balaban J connectivity index is 2.03. The summed E-state index contributed by atoms with van der Waals surface area (Å²) in [6, 6.07) is 7.05. The minimum atomic E-state index is -1.41. The summed E-state index contributed by atoms with van der Waals surface area (Å²) in [5, 5.41) is 10.2. The minimum Gasteiger partial charge on any atom is -0.480 e. The average molecular weight is 349 g/mol. The number of aromatic amines is 1. The summed E-state index contributed by atoms with van der Waals surface area (Å²) in [5.41, 5.74) is 0.737. The Hall–Kier alpha value is -2.06. The molecule has 3 heterocycles. The molecule has 0 saturated heterocycles. The van der Waals surface area contributed by atoms with E-state index in [0.717, 1.165) is 28.7 Å². The maximum atomic E-state index is 12.5. The van der Waals surface area contributed by atoms with Crippen LogP contribution in [0.25, 0.3) is 0 Å². The highest BCUT2D eigenvalue weighted by Gasteiger charge is 2.58. The van der Waals surface area contributed by atoms with Gasteiger partial charge in [0.15, 0.2) is 0 Å². The highest BCUT2D eigenvalue weighted by atomic mass is 32.2. The molecule has 2 N–H and O–H groups in total. The predicted molar refractivity (Wildman–Crippen MR) is 84.2 cm³/mol. The number of ether oxygens (including phenoxy) is 1. The van der Waals surface area contributed by atoms with Crippen molar-refractivity contribution >= 4 is 35.0 Å². The van der Waals surface area contributed by atoms with Crippen molar-refractivity contribution in [1.82, 2.24) is 4.98 Å². The number of carboxylic acid groups (broad SMARTS) is 1. The number of thiazole rings is 1. The lowest BCUT2D eigenvalue weighted by atomic mass is 9.75. The number of carbonyl (C=O) groups is 2. The SMILES string of the molecule is C[C@]1(C(=O)O)Sc2[nH]c(=O)sc2[C@@H]2c3ccccc3OC(=O)[C@@H]21. The van der Waals surface area contributed by atoms with Crippen molar-refractivity contribution in [3.8, 4) is 5.75 Å². The first-order chi connectivity index (χ1) is 10.9. The molecule has 0 aliphatic carbocycles. The highest BCUT2D eigenvalue weighted by molar-refractivity contribution is 8.01. The van der Waals surface area contributed by atoms with Crippen LogP contribution in [0.1, 0.15) is 23.3 Å². The van der Waals surface area contributed by atoms with Gasteiger partial charge in [0.1, 0.15) is 10.5 Å². The van der Waals surface area contributed by atoms with E-state index < -0.39 is 28.5 Å². The number of hydrogen-bond acceptors (Lipinski definition) is 6. The van der Waals surface area contributed by atoms with E-state index >= 15 is 0 Å². The van der Waals surface area contributed by atoms with Gasteiger partial charge in [-0.25, -0.2) is 0 Å². The van der Waals surface area contributed by atoms with Gasteiger partial charge < -0.3 is 14.8 Å². The van der Waals surface area contributed by atoms with Gasteiger partial charge in [-0.15, -0.1) is 0 Å². The Kier molecular flexibility index (Phi) is 2.98. The number of aliphatic carboxylic acids is 1. The fourth-order valence-corrected chi connectivity index (χ4v) is 5.66. The van der Waals surface area contributed by atoms with Crippen LogP contribution in [0.3, 0.4) is 0 Å². The van der Waals surface area contributed by atoms with Crippen molar-refractivity contribution < 1.29 is 19.4 Å². The van der Waals surface area contributed by atoms with Crippen molar-refractivity contribution in [2.45, 2.75) is 22.6 Å². The number of nitrogens with one attached hydrogen (secondary N) is 1. The Bertz CT molecular complexity index is 901. The number of fused-ring (bicyclic) bond motifs is 5. The number of carbonyl (C=O) groups excluding carboxylic acids is 1. The molecule has 0 bridgehead atoms. The van der Waals surface area contributed by atoms with Crippen molar-refractivity contribution in [1.29, 1.82) is 0 Å². The average Bonchev–Trinajstić information content (AvgIpc) is 2.86. The Morgan fingerprint density at radius 2 is 2.09 bits per heavy atom. The lowest BCUT2D eigenvalue weighted by Gasteiger charge is -2.42. The van der Waals surface area contributed by atoms with Crippen molar-refractivity contribution in [3.63, 3.8) is 0 Å². The van der Waals surface area contributed by atoms with Crippen LogP contribution in [0.5, 0.6) is 5.75 Å². The van der Waals surface area contributed by atoms with Crippen molar-refractivity contribution in [2.24, 2.45) is 5.92 Å². The van der Waals surface area contributed by atoms with Crippen molar-refractivity contribution in [3.05, 3.63) is 44.4 Å². The van der Waals surface area contributed by atoms with Crippen LogP contribution in [-0.2, 0) is 9.59 Å². The molecule has 6 nitrogen and oxygen atoms in total. The number of H-pyrrole nitrogens is 1. The molecule has 2 aliphatic heterocycles. The largest absolute Gasteiger partial charge is 0.480 e. The lowest BCUT2D eigenvalue weighted by molar-refractivity contribution is -0.151. The molecule has 2 aromatic rings. The second-order valence-electron chi connectivity index (χ2n) is 5.64. The third-order valence-corrected chi connectivity index (χ3v) is 6.78. The third kappa shape index (κ3) is 1.91. The molecule has 0 spiro atoms. The molecule has 1 aromatic heterocycles. The molecule has 1 aromatic carbocycles. The quantitative estimate of drug-likeness (QED) is 0.604. The minimum absolute atomic E-state index is 0.257. The third-order valence-electron chi connectivity index (χ3n) is 4.31. The Morgan fingerprint density at radius 3 is 2.83 bits per heavy atom. The Labute approximate surface area is 138 Å². The highest BCUT2D eigenvalue weighted by Crippen LogP contribution is 2.57. The first kappa shape index (κ1) is 14.5. The van der Waals surface area contributed by atoms with E-state index in [0.29, 0.717) is 15.7 Å². The molecule has 0 amide bonds. The van der Waals surface area contributed by atoms with Gasteiger partial charge in [-0.1, -0.05) is 41.3 Å². The van der Waals surface area contributed by atoms with E-state index in [2.05, 4.69) is 4.98 Å². The maximum absolute atomic E-state index is 12.5. The summed E-state index contributed by atoms with van der Waals surface area (Å²) in [6.45, 7) is 1.51. The van der Waals surface area contributed by atoms with Crippen LogP contribution >= 0.6 is 23.1 Å². The van der Waals surface area contributed by atoms with Crippen LogP contribution in [-0.4, -0.2) is 26.8 Å². The number of para-hydroxylation sites is 1. The van der Waals surface area contributed by atoms with Gasteiger partial charge in [0.05, 0.1) is 10.9 Å². The van der Waals surface area contributed by atoms with Crippen LogP contribution in [0.15, 0.2) is 34.1 Å². The molecule has 8 heteroatoms. The number of hydrogen-bond donors (Lipinski definition) is 2. The summed E-state index contributed by atoms with van der Waals surface area (Å²) in [4.78, 5) is 39.4. The van der Waals surface area contributed by atoms with Gasteiger partial charge in [-0.05, 0) is 13.0 Å². The fraction of sp³-hybridized carbons (Fsp3) is 0.267. The maximum Gasteiger partial charge on any atom is 0.320 e. The molecule has 0 fully saturated rings. The Morgan fingerprint density at radius 1 is 1.35 bits per heavy atom. The van der Waals surface area contributed by atoms with E-state index in [1.165, 1.54) is 6.92 Å². The molecule has 3 atom stereocenters. The molecule has 2 aliphatic rings. The van der Waals surface area contributed by atoms with E-state index in [1.54, 1.807) is 12.1 Å². The lowest BCUT2D eigenvalue weighted by Crippen LogP contribution is -2.52. The summed E-state index contributed by atoms with van der Waals surface area (Å²) in [6.07, 6.45) is 0. The topological polar surface area (TPSA) is 96.5 Å². The van der Waals surface area contributed by atoms with Gasteiger partial charge >= 0.3 is 16.8 Å². The van der Waals surface area contributed by atoms with E-state index in [4.69, 9.17) is 4.74 Å². The molecule has 0 saturated carbocycles. The van der Waals surface area contributed by atoms with Gasteiger partial charge in [-0.2, -0.15) is 0 Å². The number of carboxylic acids is 1. The van der Waals surface area contributed by atoms with Gasteiger partial charge in [0.25, 0.3) is 0 Å². The van der Waals surface area contributed by atoms with Gasteiger partial charge in [0.2, 0.25) is 0 Å². The summed E-state index contributed by atoms with van der Waals surface area (Å²) < 4.78 is 3.96. The second-order valence-corrected chi connectivity index (χ2v) is 8.11. The zero-order valence-electron chi connectivity index (χ0n) is 11.9. The molecule has 4 rings (SSSR count). The van der Waals surface area contributed by atoms with E-state index in [1.807, 2.05) is 12.1 Å². The van der Waals surface area contributed by atoms with Crippen LogP contribution in [0.4, 0.5) is 0 Å². The first-order valence-corrected chi connectivity index (χ1v) is 8.51. The second kappa shape index (κ2) is 4.72. The standard InChI is InChI=1S/C15H11NO5S2/c1-15(13(18)19)9-8(10-11(23-15)16-14(20)22-10)6-4-2-3-5-7(6)21-12(9)17/h2-5,8-9H,1H3,(H,16,20)(H,18,19)/t8-,9-,15+/m1/s1. The summed E-state index contributed by atoms with van der Waals surface area (Å²) >= 11 is 2.03. The zero-order chi connectivity index (χ0) is 16.4. The predicted octanol–water partition coefficient (Wildman–Crippen LogP) is 2.05. The van der Waals surface area contributed by atoms with E-state index in [9.17, 15) is 19.5 Å². The zero-order valence-corrected chi connectivity index (χ0v) is 13.5. The number of aromatic nitrogens is 1. The summed E-state index contributed by atoms with van der Waals surface area (Å²) in [5.74, 6) is -2.64. The smallest absolute Gasteiger partial charge is 0.320 e. The number of esters is 1. The molecule has 23 heavy (non-hydrogen) atoms. The molecular weight excluding hydrogens is 338 g/mol. The normalized spacial score (nSPS) is 28.3. The first-order valence-electron chi connectivity index (χ1n) is 6.88. The fourth-order valence-electron chi connectivity index (χ4n) is 3.21. The monoisotopic (exact) mass is 349 g/mol. The molecule has 0 radical (unpaired) electrons. The number of benzene rings is 1. The van der Waals surface area contributed by atoms with Crippen molar-refractivity contribution in [2.75, 3.05) is 0 Å². The number of rotatable bonds is 1. The van der Waals surface area contributed by atoms with Crippen LogP contribution < -0.4 is 9.61 Å². The number of thioether (sulfide) groups is 1. The summed E-state index contributed by atoms with van der Waals surface area (Å²) in [7, 11) is 0. The van der Waals surface area contributed by atoms with E-state index in [-0.39, 0.29) is 4.87 Å². The molecule has 118 valence electrons. The van der Waals surface area contributed by atoms with Gasteiger partial charge in [-0.3, -0.25) is 14.4 Å². The molecule has 0 unspecified atom stereocenters. The van der Waals surface area contributed by atoms with Crippen LogP contribution in [0, 0.1) is 5.92 Å². The van der Waals surface area contributed by atoms with Gasteiger partial charge in [0, 0.05) is 16.4 Å².